The van der Waals surface area contributed by atoms with Crippen LogP contribution in [-0.2, 0) is 25.8 Å². The molecule has 8 heteroatoms. The Morgan fingerprint density at radius 1 is 0.903 bits per heavy atom. The van der Waals surface area contributed by atoms with E-state index in [0.717, 1.165) is 11.1 Å². The highest BCUT2D eigenvalue weighted by Crippen LogP contribution is 2.29. The van der Waals surface area contributed by atoms with Crippen LogP contribution in [0, 0.1) is 6.92 Å². The fraction of sp³-hybridized carbons (Fsp3) is 0.217. The number of amides is 2. The van der Waals surface area contributed by atoms with Gasteiger partial charge in [-0.2, -0.15) is 0 Å². The zero-order valence-corrected chi connectivity index (χ0v) is 17.9. The first-order valence-corrected chi connectivity index (χ1v) is 11.4. The molecular weight excluding hydrogens is 416 g/mol. The number of rotatable bonds is 8. The van der Waals surface area contributed by atoms with E-state index in [-0.39, 0.29) is 17.2 Å². The smallest absolute Gasteiger partial charge is 0.309 e. The van der Waals surface area contributed by atoms with E-state index in [1.807, 2.05) is 37.3 Å². The molecular formula is C23H24N2O5S. The Kier molecular flexibility index (Phi) is 7.25. The topological polar surface area (TPSA) is 105 Å². The number of nitrogens with one attached hydrogen (secondary N) is 2. The highest BCUT2D eigenvalue weighted by atomic mass is 32.2. The second-order valence-corrected chi connectivity index (χ2v) is 9.19. The first kappa shape index (κ1) is 22.3. The van der Waals surface area contributed by atoms with Crippen LogP contribution in [0.4, 0.5) is 0 Å². The van der Waals surface area contributed by atoms with Crippen molar-refractivity contribution in [2.24, 2.45) is 0 Å². The van der Waals surface area contributed by atoms with Crippen LogP contribution < -0.4 is 10.6 Å². The van der Waals surface area contributed by atoms with Crippen molar-refractivity contribution in [3.05, 3.63) is 89.9 Å². The fourth-order valence-electron chi connectivity index (χ4n) is 3.04. The van der Waals surface area contributed by atoms with Crippen molar-refractivity contribution < 1.29 is 22.4 Å². The van der Waals surface area contributed by atoms with E-state index in [1.54, 1.807) is 18.2 Å². The highest BCUT2D eigenvalue weighted by Gasteiger charge is 2.32. The highest BCUT2D eigenvalue weighted by molar-refractivity contribution is 7.91. The summed E-state index contributed by atoms with van der Waals surface area (Å²) in [5.74, 6) is -1.53. The number of hydrogen-bond acceptors (Lipinski definition) is 5. The summed E-state index contributed by atoms with van der Waals surface area (Å²) < 4.78 is 31.6. The van der Waals surface area contributed by atoms with Crippen molar-refractivity contribution in [3.63, 3.8) is 0 Å². The number of furan rings is 1. The molecule has 0 unspecified atom stereocenters. The predicted octanol–water partition coefficient (Wildman–Crippen LogP) is 2.58. The van der Waals surface area contributed by atoms with Gasteiger partial charge in [0.2, 0.25) is 0 Å². The van der Waals surface area contributed by atoms with E-state index in [9.17, 15) is 18.0 Å². The maximum atomic E-state index is 13.1. The molecule has 0 saturated carbocycles. The second kappa shape index (κ2) is 10.1. The van der Waals surface area contributed by atoms with E-state index in [2.05, 4.69) is 10.6 Å². The van der Waals surface area contributed by atoms with Crippen LogP contribution in [0.3, 0.4) is 0 Å². The van der Waals surface area contributed by atoms with Gasteiger partial charge in [0.05, 0.1) is 11.2 Å². The molecule has 0 radical (unpaired) electrons. The molecule has 3 aromatic rings. The Morgan fingerprint density at radius 3 is 2.23 bits per heavy atom. The van der Waals surface area contributed by atoms with Crippen molar-refractivity contribution in [3.8, 4) is 0 Å². The average Bonchev–Trinajstić information content (AvgIpc) is 3.29. The van der Waals surface area contributed by atoms with Crippen molar-refractivity contribution in [2.75, 3.05) is 13.1 Å². The maximum Gasteiger partial charge on any atom is 0.309 e. The van der Waals surface area contributed by atoms with Crippen LogP contribution in [0.2, 0.25) is 0 Å². The Morgan fingerprint density at radius 2 is 1.58 bits per heavy atom. The van der Waals surface area contributed by atoms with Gasteiger partial charge < -0.3 is 15.1 Å². The third-order valence-corrected chi connectivity index (χ3v) is 6.86. The van der Waals surface area contributed by atoms with Gasteiger partial charge in [0.25, 0.3) is 0 Å². The van der Waals surface area contributed by atoms with Crippen LogP contribution in [0.5, 0.6) is 0 Å². The van der Waals surface area contributed by atoms with E-state index in [1.165, 1.54) is 24.5 Å². The third-order valence-electron chi connectivity index (χ3n) is 4.78. The molecule has 3 rings (SSSR count). The summed E-state index contributed by atoms with van der Waals surface area (Å²) in [5.41, 5.74) is 1.96. The number of sulfone groups is 1. The van der Waals surface area contributed by atoms with E-state index in [4.69, 9.17) is 4.42 Å². The molecule has 31 heavy (non-hydrogen) atoms. The van der Waals surface area contributed by atoms with E-state index < -0.39 is 26.9 Å². The van der Waals surface area contributed by atoms with Gasteiger partial charge in [-0.05, 0) is 43.2 Å². The fourth-order valence-corrected chi connectivity index (χ4v) is 4.63. The largest absolute Gasteiger partial charge is 0.468 e. The second-order valence-electron chi connectivity index (χ2n) is 7.06. The van der Waals surface area contributed by atoms with Crippen LogP contribution in [-0.4, -0.2) is 33.3 Å². The molecule has 1 aromatic heterocycles. The van der Waals surface area contributed by atoms with Crippen LogP contribution in [0.1, 0.15) is 22.1 Å². The lowest BCUT2D eigenvalue weighted by atomic mass is 10.1. The van der Waals surface area contributed by atoms with Gasteiger partial charge in [-0.1, -0.05) is 48.0 Å². The molecule has 0 aliphatic rings. The molecule has 0 aliphatic heterocycles. The number of benzene rings is 2. The molecule has 0 aliphatic carbocycles. The van der Waals surface area contributed by atoms with Gasteiger partial charge in [0, 0.05) is 13.1 Å². The van der Waals surface area contributed by atoms with Gasteiger partial charge in [-0.3, -0.25) is 9.59 Å². The summed E-state index contributed by atoms with van der Waals surface area (Å²) in [6, 6.07) is 19.1. The summed E-state index contributed by atoms with van der Waals surface area (Å²) >= 11 is 0. The molecule has 1 heterocycles. The zero-order valence-electron chi connectivity index (χ0n) is 17.1. The molecule has 2 aromatic carbocycles. The summed E-state index contributed by atoms with van der Waals surface area (Å²) in [4.78, 5) is 24.4. The Labute approximate surface area is 181 Å². The number of hydrogen-bond donors (Lipinski definition) is 2. The summed E-state index contributed by atoms with van der Waals surface area (Å²) in [5, 5.41) is 3.80. The van der Waals surface area contributed by atoms with Gasteiger partial charge in [-0.25, -0.2) is 8.42 Å². The van der Waals surface area contributed by atoms with Crippen molar-refractivity contribution >= 4 is 21.7 Å². The molecule has 7 nitrogen and oxygen atoms in total. The normalized spacial score (nSPS) is 12.2. The van der Waals surface area contributed by atoms with Crippen molar-refractivity contribution in [2.45, 2.75) is 23.5 Å². The lowest BCUT2D eigenvalue weighted by Crippen LogP contribution is -2.42. The monoisotopic (exact) mass is 440 g/mol. The Balaban J connectivity index is 1.63. The number of aryl methyl sites for hydroxylation is 1. The Bertz CT molecular complexity index is 1110. The molecule has 0 bridgehead atoms. The van der Waals surface area contributed by atoms with E-state index >= 15 is 0 Å². The number of carbonyl (C=O) groups excluding carboxylic acids is 2. The molecule has 1 atom stereocenters. The van der Waals surface area contributed by atoms with Crippen molar-refractivity contribution in [1.82, 2.24) is 10.6 Å². The van der Waals surface area contributed by atoms with Gasteiger partial charge >= 0.3 is 11.8 Å². The predicted molar refractivity (Wildman–Crippen MR) is 116 cm³/mol. The van der Waals surface area contributed by atoms with Gasteiger partial charge in [0.15, 0.2) is 9.84 Å². The minimum Gasteiger partial charge on any atom is -0.468 e. The first-order chi connectivity index (χ1) is 14.9. The SMILES string of the molecule is Cc1ccc(S(=O)(=O)[C@H](CNC(=O)C(=O)NCCc2ccccc2)c2ccco2)cc1. The van der Waals surface area contributed by atoms with Gasteiger partial charge in [0.1, 0.15) is 11.0 Å². The Hall–Kier alpha value is -3.39. The third kappa shape index (κ3) is 5.82. The lowest BCUT2D eigenvalue weighted by Gasteiger charge is -2.17. The molecule has 2 N–H and O–H groups in total. The molecule has 2 amide bonds. The molecule has 0 saturated heterocycles. The number of carbonyl (C=O) groups is 2. The summed E-state index contributed by atoms with van der Waals surface area (Å²) in [7, 11) is -3.86. The first-order valence-electron chi connectivity index (χ1n) is 9.82. The quantitative estimate of drug-likeness (QED) is 0.524. The van der Waals surface area contributed by atoms with Gasteiger partial charge in [-0.15, -0.1) is 0 Å². The average molecular weight is 441 g/mol. The van der Waals surface area contributed by atoms with Crippen molar-refractivity contribution in [1.29, 1.82) is 0 Å². The summed E-state index contributed by atoms with van der Waals surface area (Å²) in [6.07, 6.45) is 1.95. The van der Waals surface area contributed by atoms with Crippen LogP contribution in [0.25, 0.3) is 0 Å². The summed E-state index contributed by atoms with van der Waals surface area (Å²) in [6.45, 7) is 1.85. The lowest BCUT2D eigenvalue weighted by molar-refractivity contribution is -0.139. The molecule has 0 spiro atoms. The molecule has 162 valence electrons. The standard InChI is InChI=1S/C23H24N2O5S/c1-17-9-11-19(12-10-17)31(28,29)21(20-8-5-15-30-20)16-25-23(27)22(26)24-14-13-18-6-3-2-4-7-18/h2-12,15,21H,13-14,16H2,1H3,(H,24,26)(H,25,27)/t21-/m1/s1. The molecule has 0 fully saturated rings. The minimum absolute atomic E-state index is 0.112. The maximum absolute atomic E-state index is 13.1. The van der Waals surface area contributed by atoms with Crippen LogP contribution in [0.15, 0.2) is 82.3 Å². The van der Waals surface area contributed by atoms with E-state index in [0.29, 0.717) is 13.0 Å². The van der Waals surface area contributed by atoms with Crippen LogP contribution >= 0.6 is 0 Å². The minimum atomic E-state index is -3.86. The zero-order chi connectivity index (χ0) is 22.3.